The minimum Gasteiger partial charge on any atom is -0.350 e. The van der Waals surface area contributed by atoms with Crippen molar-refractivity contribution in [3.63, 3.8) is 0 Å². The van der Waals surface area contributed by atoms with E-state index >= 15 is 0 Å². The Hall–Kier alpha value is -1.78. The lowest BCUT2D eigenvalue weighted by Crippen LogP contribution is -2.09. The molecule has 17 heavy (non-hydrogen) atoms. The zero-order chi connectivity index (χ0) is 12.4. The molecule has 0 aliphatic rings. The van der Waals surface area contributed by atoms with Crippen LogP contribution in [0.25, 0.3) is 0 Å². The van der Waals surface area contributed by atoms with Gasteiger partial charge in [-0.3, -0.25) is 4.68 Å². The summed E-state index contributed by atoms with van der Waals surface area (Å²) in [6, 6.07) is 2.41. The average Bonchev–Trinajstić information content (AvgIpc) is 2.82. The quantitative estimate of drug-likeness (QED) is 0.880. The molecule has 0 spiro atoms. The van der Waals surface area contributed by atoms with Gasteiger partial charge in [0.05, 0.1) is 17.9 Å². The molecular weight excluding hydrogens is 214 g/mol. The summed E-state index contributed by atoms with van der Waals surface area (Å²) in [5.74, 6) is 0.906. The van der Waals surface area contributed by atoms with Crippen LogP contribution < -0.4 is 5.32 Å². The van der Waals surface area contributed by atoms with Crippen LogP contribution in [0.1, 0.15) is 31.3 Å². The molecule has 0 amide bonds. The number of hydrogen-bond donors (Lipinski definition) is 1. The van der Waals surface area contributed by atoms with Gasteiger partial charge in [-0.15, -0.1) is 0 Å². The van der Waals surface area contributed by atoms with Crippen LogP contribution in [-0.4, -0.2) is 19.3 Å². The van der Waals surface area contributed by atoms with Crippen LogP contribution in [0.4, 0.5) is 5.95 Å². The lowest BCUT2D eigenvalue weighted by atomic mass is 10.4. The Morgan fingerprint density at radius 1 is 1.41 bits per heavy atom. The molecule has 0 saturated carbocycles. The molecule has 0 saturated heterocycles. The van der Waals surface area contributed by atoms with Crippen LogP contribution in [0, 0.1) is 6.92 Å². The van der Waals surface area contributed by atoms with Gasteiger partial charge >= 0.3 is 0 Å². The highest BCUT2D eigenvalue weighted by molar-refractivity contribution is 5.30. The molecule has 0 aliphatic carbocycles. The molecule has 0 fully saturated rings. The van der Waals surface area contributed by atoms with Crippen molar-refractivity contribution in [1.82, 2.24) is 19.3 Å². The minimum atomic E-state index is 0.405. The van der Waals surface area contributed by atoms with Crippen molar-refractivity contribution in [3.05, 3.63) is 29.8 Å². The Balaban J connectivity index is 2.08. The van der Waals surface area contributed by atoms with Crippen LogP contribution in [0.5, 0.6) is 0 Å². The molecule has 2 aromatic heterocycles. The largest absolute Gasteiger partial charge is 0.350 e. The third-order valence-corrected chi connectivity index (χ3v) is 2.61. The third-order valence-electron chi connectivity index (χ3n) is 2.61. The number of aryl methyl sites for hydroxylation is 2. The van der Waals surface area contributed by atoms with Gasteiger partial charge in [0.1, 0.15) is 0 Å². The fourth-order valence-corrected chi connectivity index (χ4v) is 1.77. The highest BCUT2D eigenvalue weighted by atomic mass is 15.3. The van der Waals surface area contributed by atoms with Crippen molar-refractivity contribution in [2.75, 3.05) is 5.32 Å². The summed E-state index contributed by atoms with van der Waals surface area (Å²) in [5, 5.41) is 7.65. The maximum absolute atomic E-state index is 4.47. The van der Waals surface area contributed by atoms with Gasteiger partial charge in [0.15, 0.2) is 0 Å². The molecule has 0 bridgehead atoms. The maximum atomic E-state index is 4.47. The SMILES string of the molecule is Cc1cn(C(C)C)c(NCc2ccn(C)n2)n1. The topological polar surface area (TPSA) is 47.7 Å². The summed E-state index contributed by atoms with van der Waals surface area (Å²) in [6.45, 7) is 7.00. The van der Waals surface area contributed by atoms with Crippen molar-refractivity contribution in [3.8, 4) is 0 Å². The smallest absolute Gasteiger partial charge is 0.203 e. The van der Waals surface area contributed by atoms with Crippen LogP contribution in [0.2, 0.25) is 0 Å². The van der Waals surface area contributed by atoms with Gasteiger partial charge in [-0.25, -0.2) is 4.98 Å². The van der Waals surface area contributed by atoms with Crippen LogP contribution >= 0.6 is 0 Å². The van der Waals surface area contributed by atoms with Crippen LogP contribution in [0.3, 0.4) is 0 Å². The molecule has 0 unspecified atom stereocenters. The Labute approximate surface area is 101 Å². The fourth-order valence-electron chi connectivity index (χ4n) is 1.77. The van der Waals surface area contributed by atoms with E-state index in [1.54, 1.807) is 4.68 Å². The first kappa shape index (κ1) is 11.7. The number of rotatable bonds is 4. The number of aromatic nitrogens is 4. The number of anilines is 1. The van der Waals surface area contributed by atoms with E-state index in [-0.39, 0.29) is 0 Å². The molecule has 2 rings (SSSR count). The monoisotopic (exact) mass is 233 g/mol. The van der Waals surface area contributed by atoms with E-state index in [0.717, 1.165) is 17.3 Å². The number of nitrogens with one attached hydrogen (secondary N) is 1. The van der Waals surface area contributed by atoms with Gasteiger partial charge in [0.25, 0.3) is 0 Å². The average molecular weight is 233 g/mol. The summed E-state index contributed by atoms with van der Waals surface area (Å²) in [7, 11) is 1.92. The Morgan fingerprint density at radius 3 is 2.76 bits per heavy atom. The van der Waals surface area contributed by atoms with Crippen molar-refractivity contribution in [1.29, 1.82) is 0 Å². The van der Waals surface area contributed by atoms with E-state index in [4.69, 9.17) is 0 Å². The molecule has 92 valence electrons. The van der Waals surface area contributed by atoms with E-state index in [9.17, 15) is 0 Å². The molecular formula is C12H19N5. The normalized spacial score (nSPS) is 11.1. The second-order valence-corrected chi connectivity index (χ2v) is 4.54. The predicted molar refractivity (Wildman–Crippen MR) is 67.9 cm³/mol. The molecule has 5 heteroatoms. The lowest BCUT2D eigenvalue weighted by molar-refractivity contribution is 0.603. The van der Waals surface area contributed by atoms with Crippen molar-refractivity contribution < 1.29 is 0 Å². The number of imidazole rings is 1. The molecule has 0 aromatic carbocycles. The van der Waals surface area contributed by atoms with E-state index in [1.165, 1.54) is 0 Å². The third kappa shape index (κ3) is 2.67. The van der Waals surface area contributed by atoms with Gasteiger partial charge < -0.3 is 9.88 Å². The maximum Gasteiger partial charge on any atom is 0.203 e. The van der Waals surface area contributed by atoms with Crippen LogP contribution in [-0.2, 0) is 13.6 Å². The second-order valence-electron chi connectivity index (χ2n) is 4.54. The zero-order valence-electron chi connectivity index (χ0n) is 10.8. The van der Waals surface area contributed by atoms with Crippen molar-refractivity contribution in [2.24, 2.45) is 7.05 Å². The van der Waals surface area contributed by atoms with E-state index in [0.29, 0.717) is 12.6 Å². The Morgan fingerprint density at radius 2 is 2.18 bits per heavy atom. The number of hydrogen-bond acceptors (Lipinski definition) is 3. The standard InChI is InChI=1S/C12H19N5/c1-9(2)17-8-10(3)14-12(17)13-7-11-5-6-16(4)15-11/h5-6,8-9H,7H2,1-4H3,(H,13,14). The van der Waals surface area contributed by atoms with Crippen molar-refractivity contribution >= 4 is 5.95 Å². The summed E-state index contributed by atoms with van der Waals surface area (Å²) >= 11 is 0. The number of nitrogens with zero attached hydrogens (tertiary/aromatic N) is 4. The Bertz CT molecular complexity index is 495. The molecule has 0 atom stereocenters. The summed E-state index contributed by atoms with van der Waals surface area (Å²) in [6.07, 6.45) is 4.00. The first-order chi connectivity index (χ1) is 8.06. The molecule has 0 radical (unpaired) electrons. The molecule has 2 heterocycles. The molecule has 5 nitrogen and oxygen atoms in total. The van der Waals surface area contributed by atoms with Crippen LogP contribution in [0.15, 0.2) is 18.5 Å². The summed E-state index contributed by atoms with van der Waals surface area (Å²) in [5.41, 5.74) is 2.05. The summed E-state index contributed by atoms with van der Waals surface area (Å²) < 4.78 is 3.94. The summed E-state index contributed by atoms with van der Waals surface area (Å²) in [4.78, 5) is 4.47. The fraction of sp³-hybridized carbons (Fsp3) is 0.500. The van der Waals surface area contributed by atoms with E-state index in [1.807, 2.05) is 26.2 Å². The highest BCUT2D eigenvalue weighted by Crippen LogP contribution is 2.15. The van der Waals surface area contributed by atoms with Gasteiger partial charge in [-0.1, -0.05) is 0 Å². The first-order valence-electron chi connectivity index (χ1n) is 5.84. The minimum absolute atomic E-state index is 0.405. The second kappa shape index (κ2) is 4.61. The highest BCUT2D eigenvalue weighted by Gasteiger charge is 2.08. The predicted octanol–water partition coefficient (Wildman–Crippen LogP) is 2.12. The molecule has 0 aliphatic heterocycles. The van der Waals surface area contributed by atoms with E-state index in [2.05, 4.69) is 40.0 Å². The molecule has 1 N–H and O–H groups in total. The van der Waals surface area contributed by atoms with E-state index < -0.39 is 0 Å². The van der Waals surface area contributed by atoms with Gasteiger partial charge in [0.2, 0.25) is 5.95 Å². The zero-order valence-corrected chi connectivity index (χ0v) is 10.8. The van der Waals surface area contributed by atoms with Crippen molar-refractivity contribution in [2.45, 2.75) is 33.4 Å². The van der Waals surface area contributed by atoms with Gasteiger partial charge in [0, 0.05) is 25.5 Å². The Kier molecular flexibility index (Phi) is 3.17. The lowest BCUT2D eigenvalue weighted by Gasteiger charge is -2.11. The van der Waals surface area contributed by atoms with Gasteiger partial charge in [-0.2, -0.15) is 5.10 Å². The van der Waals surface area contributed by atoms with Gasteiger partial charge in [-0.05, 0) is 26.8 Å². The molecule has 2 aromatic rings. The first-order valence-corrected chi connectivity index (χ1v) is 5.84.